The molecule has 0 fully saturated rings. The summed E-state index contributed by atoms with van der Waals surface area (Å²) in [5.74, 6) is 0.855. The van der Waals surface area contributed by atoms with Gasteiger partial charge in [-0.1, -0.05) is 6.07 Å². The van der Waals surface area contributed by atoms with Crippen LogP contribution in [0.3, 0.4) is 0 Å². The zero-order valence-corrected chi connectivity index (χ0v) is 12.9. The van der Waals surface area contributed by atoms with E-state index >= 15 is 0 Å². The zero-order chi connectivity index (χ0) is 13.8. The highest BCUT2D eigenvalue weighted by molar-refractivity contribution is 9.10. The van der Waals surface area contributed by atoms with Gasteiger partial charge < -0.3 is 15.0 Å². The number of ether oxygens (including phenoxy) is 1. The number of nitrogens with zero attached hydrogens (tertiary/aromatic N) is 1. The predicted molar refractivity (Wildman–Crippen MR) is 81.6 cm³/mol. The number of halogens is 1. The van der Waals surface area contributed by atoms with E-state index in [9.17, 15) is 0 Å². The molecule has 0 saturated heterocycles. The van der Waals surface area contributed by atoms with Crippen molar-refractivity contribution in [3.05, 3.63) is 52.3 Å². The summed E-state index contributed by atoms with van der Waals surface area (Å²) in [6.45, 7) is 2.87. The Morgan fingerprint density at radius 1 is 1.32 bits per heavy atom. The maximum Gasteiger partial charge on any atom is 0.133 e. The Hall–Kier alpha value is -1.26. The summed E-state index contributed by atoms with van der Waals surface area (Å²) in [6, 6.07) is 8.47. The second-order valence-corrected chi connectivity index (χ2v) is 5.70. The molecular weight excluding hydrogens is 304 g/mol. The van der Waals surface area contributed by atoms with Crippen LogP contribution in [0.2, 0.25) is 0 Å². The Balaban J connectivity index is 2.08. The molecule has 1 atom stereocenters. The quantitative estimate of drug-likeness (QED) is 0.918. The summed E-state index contributed by atoms with van der Waals surface area (Å²) >= 11 is 3.51. The van der Waals surface area contributed by atoms with Crippen LogP contribution in [0.1, 0.15) is 18.1 Å². The molecule has 1 aromatic carbocycles. The summed E-state index contributed by atoms with van der Waals surface area (Å²) in [4.78, 5) is 0. The van der Waals surface area contributed by atoms with Gasteiger partial charge in [0.05, 0.1) is 11.6 Å². The Morgan fingerprint density at radius 2 is 2.11 bits per heavy atom. The molecule has 1 aromatic heterocycles. The van der Waals surface area contributed by atoms with Crippen molar-refractivity contribution in [3.8, 4) is 5.75 Å². The van der Waals surface area contributed by atoms with Crippen LogP contribution in [0.5, 0.6) is 5.75 Å². The van der Waals surface area contributed by atoms with Crippen molar-refractivity contribution in [3.63, 3.8) is 0 Å². The third kappa shape index (κ3) is 3.85. The number of nitrogens with two attached hydrogens (primary N) is 1. The van der Waals surface area contributed by atoms with Gasteiger partial charge in [-0.25, -0.2) is 0 Å². The highest BCUT2D eigenvalue weighted by Gasteiger charge is 2.04. The fourth-order valence-corrected chi connectivity index (χ4v) is 2.69. The van der Waals surface area contributed by atoms with Gasteiger partial charge >= 0.3 is 0 Å². The molecule has 2 N–H and O–H groups in total. The van der Waals surface area contributed by atoms with Crippen LogP contribution in [0.4, 0.5) is 0 Å². The zero-order valence-electron chi connectivity index (χ0n) is 11.3. The highest BCUT2D eigenvalue weighted by Crippen LogP contribution is 2.25. The third-order valence-corrected chi connectivity index (χ3v) is 3.57. The standard InChI is InChI=1S/C15H19BrN2O/c1-11(17)7-13-5-6-18(10-13)9-12-3-4-15(19-2)14(16)8-12/h3-6,8,10-11H,7,9,17H2,1-2H3. The summed E-state index contributed by atoms with van der Waals surface area (Å²) in [5.41, 5.74) is 8.32. The molecule has 0 aliphatic rings. The average Bonchev–Trinajstić information content (AvgIpc) is 2.76. The first-order valence-corrected chi connectivity index (χ1v) is 7.10. The number of rotatable bonds is 5. The summed E-state index contributed by atoms with van der Waals surface area (Å²) < 4.78 is 8.38. The predicted octanol–water partition coefficient (Wildman–Crippen LogP) is 3.20. The van der Waals surface area contributed by atoms with Gasteiger partial charge in [0.25, 0.3) is 0 Å². The van der Waals surface area contributed by atoms with Crippen molar-refractivity contribution in [1.29, 1.82) is 0 Å². The van der Waals surface area contributed by atoms with E-state index < -0.39 is 0 Å². The second kappa shape index (κ2) is 6.26. The number of hydrogen-bond donors (Lipinski definition) is 1. The Bertz CT molecular complexity index is 549. The fraction of sp³-hybridized carbons (Fsp3) is 0.333. The molecule has 0 aliphatic heterocycles. The van der Waals surface area contributed by atoms with Crippen molar-refractivity contribution < 1.29 is 4.74 Å². The Labute approximate surface area is 122 Å². The van der Waals surface area contributed by atoms with Crippen molar-refractivity contribution >= 4 is 15.9 Å². The third-order valence-electron chi connectivity index (χ3n) is 2.95. The lowest BCUT2D eigenvalue weighted by Crippen LogP contribution is -2.17. The number of methoxy groups -OCH3 is 1. The normalized spacial score (nSPS) is 12.4. The van der Waals surface area contributed by atoms with E-state index in [1.165, 1.54) is 11.1 Å². The van der Waals surface area contributed by atoms with Crippen molar-refractivity contribution in [2.45, 2.75) is 25.9 Å². The lowest BCUT2D eigenvalue weighted by molar-refractivity contribution is 0.412. The lowest BCUT2D eigenvalue weighted by atomic mass is 10.1. The molecule has 2 aromatic rings. The number of aromatic nitrogens is 1. The molecular formula is C15H19BrN2O. The molecule has 0 saturated carbocycles. The van der Waals surface area contributed by atoms with E-state index in [0.29, 0.717) is 0 Å². The molecule has 1 unspecified atom stereocenters. The van der Waals surface area contributed by atoms with Crippen LogP contribution >= 0.6 is 15.9 Å². The van der Waals surface area contributed by atoms with E-state index in [1.807, 2.05) is 13.0 Å². The molecule has 4 heteroatoms. The average molecular weight is 323 g/mol. The maximum atomic E-state index is 5.81. The molecule has 0 bridgehead atoms. The van der Waals surface area contributed by atoms with Crippen LogP contribution in [0.15, 0.2) is 41.1 Å². The SMILES string of the molecule is COc1ccc(Cn2ccc(CC(C)N)c2)cc1Br. The summed E-state index contributed by atoms with van der Waals surface area (Å²) in [7, 11) is 1.67. The minimum Gasteiger partial charge on any atom is -0.496 e. The molecule has 0 spiro atoms. The maximum absolute atomic E-state index is 5.81. The molecule has 102 valence electrons. The van der Waals surface area contributed by atoms with Gasteiger partial charge in [0.15, 0.2) is 0 Å². The second-order valence-electron chi connectivity index (χ2n) is 4.84. The topological polar surface area (TPSA) is 40.2 Å². The first kappa shape index (κ1) is 14.2. The van der Waals surface area contributed by atoms with Gasteiger partial charge in [-0.2, -0.15) is 0 Å². The molecule has 2 rings (SSSR count). The highest BCUT2D eigenvalue weighted by atomic mass is 79.9. The smallest absolute Gasteiger partial charge is 0.133 e. The van der Waals surface area contributed by atoms with Gasteiger partial charge in [-0.15, -0.1) is 0 Å². The minimum absolute atomic E-state index is 0.200. The minimum atomic E-state index is 0.200. The molecule has 19 heavy (non-hydrogen) atoms. The van der Waals surface area contributed by atoms with Gasteiger partial charge in [-0.05, 0) is 58.6 Å². The van der Waals surface area contributed by atoms with Crippen LogP contribution < -0.4 is 10.5 Å². The van der Waals surface area contributed by atoms with Crippen molar-refractivity contribution in [2.24, 2.45) is 5.73 Å². The van der Waals surface area contributed by atoms with Gasteiger partial charge in [-0.3, -0.25) is 0 Å². The lowest BCUT2D eigenvalue weighted by Gasteiger charge is -2.07. The Kier molecular flexibility index (Phi) is 4.66. The van der Waals surface area contributed by atoms with Gasteiger partial charge in [0, 0.05) is 25.0 Å². The Morgan fingerprint density at radius 3 is 2.74 bits per heavy atom. The summed E-state index contributed by atoms with van der Waals surface area (Å²) in [5, 5.41) is 0. The van der Waals surface area contributed by atoms with Crippen LogP contribution in [-0.4, -0.2) is 17.7 Å². The number of hydrogen-bond acceptors (Lipinski definition) is 2. The largest absolute Gasteiger partial charge is 0.496 e. The van der Waals surface area contributed by atoms with E-state index in [-0.39, 0.29) is 6.04 Å². The summed E-state index contributed by atoms with van der Waals surface area (Å²) in [6.07, 6.45) is 5.16. The van der Waals surface area contributed by atoms with Crippen LogP contribution in [0.25, 0.3) is 0 Å². The van der Waals surface area contributed by atoms with E-state index in [2.05, 4.69) is 51.1 Å². The number of benzene rings is 1. The van der Waals surface area contributed by atoms with E-state index in [0.717, 1.165) is 23.2 Å². The van der Waals surface area contributed by atoms with Crippen LogP contribution in [-0.2, 0) is 13.0 Å². The molecule has 0 amide bonds. The monoisotopic (exact) mass is 322 g/mol. The van der Waals surface area contributed by atoms with E-state index in [4.69, 9.17) is 10.5 Å². The molecule has 0 radical (unpaired) electrons. The van der Waals surface area contributed by atoms with Gasteiger partial charge in [0.2, 0.25) is 0 Å². The van der Waals surface area contributed by atoms with Crippen molar-refractivity contribution in [2.75, 3.05) is 7.11 Å². The van der Waals surface area contributed by atoms with Crippen LogP contribution in [0, 0.1) is 0 Å². The fourth-order valence-electron chi connectivity index (χ4n) is 2.10. The first-order chi connectivity index (χ1) is 9.08. The van der Waals surface area contributed by atoms with Crippen molar-refractivity contribution in [1.82, 2.24) is 4.57 Å². The molecule has 3 nitrogen and oxygen atoms in total. The van der Waals surface area contributed by atoms with E-state index in [1.54, 1.807) is 7.11 Å². The molecule has 1 heterocycles. The van der Waals surface area contributed by atoms with Gasteiger partial charge in [0.1, 0.15) is 5.75 Å². The molecule has 0 aliphatic carbocycles. The first-order valence-electron chi connectivity index (χ1n) is 6.31.